The van der Waals surface area contributed by atoms with Crippen LogP contribution in [0.4, 0.5) is 0 Å². The average Bonchev–Trinajstić information content (AvgIpc) is 2.08. The van der Waals surface area contributed by atoms with Gasteiger partial charge in [-0.05, 0) is 23.1 Å². The van der Waals surface area contributed by atoms with Crippen molar-refractivity contribution in [1.82, 2.24) is 5.32 Å². The van der Waals surface area contributed by atoms with Crippen LogP contribution in [-0.2, 0) is 0 Å². The monoisotopic (exact) mass is 229 g/mol. The summed E-state index contributed by atoms with van der Waals surface area (Å²) in [4.78, 5) is 0. The van der Waals surface area contributed by atoms with Gasteiger partial charge in [-0.2, -0.15) is 0 Å². The molecule has 1 aliphatic heterocycles. The quantitative estimate of drug-likeness (QED) is 0.776. The minimum Gasteiger partial charge on any atom is -0.309 e. The molecular weight excluding hydrogens is 217 g/mol. The SMILES string of the molecule is CC1(C)CNC1c1ccc(Cl)cc1Cl. The Balaban J connectivity index is 2.33. The van der Waals surface area contributed by atoms with Crippen molar-refractivity contribution in [3.8, 4) is 0 Å². The second kappa shape index (κ2) is 3.41. The molecule has 0 amide bonds. The number of halogens is 2. The molecule has 1 unspecified atom stereocenters. The van der Waals surface area contributed by atoms with E-state index in [0.29, 0.717) is 11.1 Å². The van der Waals surface area contributed by atoms with Gasteiger partial charge in [0, 0.05) is 22.6 Å². The fraction of sp³-hybridized carbons (Fsp3) is 0.455. The third-order valence-corrected chi connectivity index (χ3v) is 3.38. The van der Waals surface area contributed by atoms with E-state index < -0.39 is 0 Å². The predicted octanol–water partition coefficient (Wildman–Crippen LogP) is 3.66. The van der Waals surface area contributed by atoms with Crippen molar-refractivity contribution >= 4 is 23.2 Å². The van der Waals surface area contributed by atoms with Crippen molar-refractivity contribution < 1.29 is 0 Å². The highest BCUT2D eigenvalue weighted by molar-refractivity contribution is 6.35. The molecule has 0 aliphatic carbocycles. The van der Waals surface area contributed by atoms with Gasteiger partial charge in [-0.15, -0.1) is 0 Å². The summed E-state index contributed by atoms with van der Waals surface area (Å²) >= 11 is 12.0. The molecule has 0 spiro atoms. The van der Waals surface area contributed by atoms with Gasteiger partial charge < -0.3 is 5.32 Å². The first-order chi connectivity index (χ1) is 6.50. The maximum Gasteiger partial charge on any atom is 0.0468 e. The second-order valence-electron chi connectivity index (χ2n) is 4.47. The summed E-state index contributed by atoms with van der Waals surface area (Å²) in [6.07, 6.45) is 0. The van der Waals surface area contributed by atoms with Crippen LogP contribution < -0.4 is 5.32 Å². The highest BCUT2D eigenvalue weighted by atomic mass is 35.5. The van der Waals surface area contributed by atoms with Crippen LogP contribution in [0.2, 0.25) is 10.0 Å². The third-order valence-electron chi connectivity index (χ3n) is 2.82. The van der Waals surface area contributed by atoms with Crippen LogP contribution in [0.1, 0.15) is 25.5 Å². The van der Waals surface area contributed by atoms with E-state index in [-0.39, 0.29) is 5.41 Å². The van der Waals surface area contributed by atoms with Crippen LogP contribution in [0, 0.1) is 5.41 Å². The molecule has 1 heterocycles. The maximum absolute atomic E-state index is 6.14. The van der Waals surface area contributed by atoms with Gasteiger partial charge in [0.25, 0.3) is 0 Å². The zero-order chi connectivity index (χ0) is 10.3. The summed E-state index contributed by atoms with van der Waals surface area (Å²) in [5.41, 5.74) is 1.43. The molecule has 1 nitrogen and oxygen atoms in total. The van der Waals surface area contributed by atoms with E-state index in [1.165, 1.54) is 0 Å². The van der Waals surface area contributed by atoms with E-state index >= 15 is 0 Å². The van der Waals surface area contributed by atoms with Crippen molar-refractivity contribution in [1.29, 1.82) is 0 Å². The molecule has 2 rings (SSSR count). The minimum absolute atomic E-state index is 0.289. The average molecular weight is 230 g/mol. The zero-order valence-electron chi connectivity index (χ0n) is 8.27. The van der Waals surface area contributed by atoms with Crippen molar-refractivity contribution in [2.75, 3.05) is 6.54 Å². The van der Waals surface area contributed by atoms with Crippen molar-refractivity contribution in [2.45, 2.75) is 19.9 Å². The standard InChI is InChI=1S/C11H13Cl2N/c1-11(2)6-14-10(11)8-4-3-7(12)5-9(8)13/h3-5,10,14H,6H2,1-2H3. The van der Waals surface area contributed by atoms with Crippen LogP contribution in [0.3, 0.4) is 0 Å². The molecule has 1 atom stereocenters. The van der Waals surface area contributed by atoms with Gasteiger partial charge in [-0.1, -0.05) is 43.1 Å². The first kappa shape index (κ1) is 10.3. The van der Waals surface area contributed by atoms with Crippen LogP contribution in [-0.4, -0.2) is 6.54 Å². The van der Waals surface area contributed by atoms with Crippen molar-refractivity contribution in [3.05, 3.63) is 33.8 Å². The number of nitrogens with one attached hydrogen (secondary N) is 1. The lowest BCUT2D eigenvalue weighted by atomic mass is 9.74. The summed E-state index contributed by atoms with van der Waals surface area (Å²) in [6, 6.07) is 6.05. The van der Waals surface area contributed by atoms with Crippen molar-refractivity contribution in [3.63, 3.8) is 0 Å². The van der Waals surface area contributed by atoms with Crippen LogP contribution in [0.25, 0.3) is 0 Å². The Morgan fingerprint density at radius 1 is 1.36 bits per heavy atom. The summed E-state index contributed by atoms with van der Waals surface area (Å²) in [6.45, 7) is 5.51. The highest BCUT2D eigenvalue weighted by Gasteiger charge is 2.39. The number of benzene rings is 1. The summed E-state index contributed by atoms with van der Waals surface area (Å²) in [7, 11) is 0. The van der Waals surface area contributed by atoms with Gasteiger partial charge in [-0.3, -0.25) is 0 Å². The molecule has 0 bridgehead atoms. The van der Waals surface area contributed by atoms with Crippen LogP contribution in [0.15, 0.2) is 18.2 Å². The lowest BCUT2D eigenvalue weighted by molar-refractivity contribution is 0.128. The van der Waals surface area contributed by atoms with Crippen molar-refractivity contribution in [2.24, 2.45) is 5.41 Å². The Labute approximate surface area is 94.4 Å². The number of hydrogen-bond acceptors (Lipinski definition) is 1. The van der Waals surface area contributed by atoms with Gasteiger partial charge in [0.15, 0.2) is 0 Å². The Kier molecular flexibility index (Phi) is 2.50. The smallest absolute Gasteiger partial charge is 0.0468 e. The molecule has 1 N–H and O–H groups in total. The van der Waals surface area contributed by atoms with E-state index in [0.717, 1.165) is 17.1 Å². The first-order valence-electron chi connectivity index (χ1n) is 4.69. The lowest BCUT2D eigenvalue weighted by Gasteiger charge is -2.46. The Morgan fingerprint density at radius 2 is 2.07 bits per heavy atom. The van der Waals surface area contributed by atoms with E-state index in [9.17, 15) is 0 Å². The topological polar surface area (TPSA) is 12.0 Å². The molecule has 0 aromatic heterocycles. The molecule has 3 heteroatoms. The van der Waals surface area contributed by atoms with Gasteiger partial charge in [0.05, 0.1) is 0 Å². The first-order valence-corrected chi connectivity index (χ1v) is 5.45. The van der Waals surface area contributed by atoms with E-state index in [4.69, 9.17) is 23.2 Å². The molecule has 1 saturated heterocycles. The van der Waals surface area contributed by atoms with E-state index in [1.807, 2.05) is 12.1 Å². The van der Waals surface area contributed by atoms with Crippen LogP contribution >= 0.6 is 23.2 Å². The molecule has 1 aromatic rings. The molecule has 0 saturated carbocycles. The molecule has 1 aromatic carbocycles. The third kappa shape index (κ3) is 1.65. The maximum atomic E-state index is 6.14. The second-order valence-corrected chi connectivity index (χ2v) is 5.31. The molecule has 14 heavy (non-hydrogen) atoms. The van der Waals surface area contributed by atoms with Crippen LogP contribution in [0.5, 0.6) is 0 Å². The Morgan fingerprint density at radius 3 is 2.50 bits per heavy atom. The number of hydrogen-bond donors (Lipinski definition) is 1. The molecular formula is C11H13Cl2N. The molecule has 76 valence electrons. The van der Waals surface area contributed by atoms with Gasteiger partial charge in [-0.25, -0.2) is 0 Å². The fourth-order valence-corrected chi connectivity index (χ4v) is 2.40. The minimum atomic E-state index is 0.289. The molecule has 1 aliphatic rings. The summed E-state index contributed by atoms with van der Waals surface area (Å²) in [5, 5.41) is 4.83. The van der Waals surface area contributed by atoms with Gasteiger partial charge >= 0.3 is 0 Å². The number of rotatable bonds is 1. The van der Waals surface area contributed by atoms with Gasteiger partial charge in [0.2, 0.25) is 0 Å². The Hall–Kier alpha value is -0.240. The fourth-order valence-electron chi connectivity index (χ4n) is 1.88. The summed E-state index contributed by atoms with van der Waals surface area (Å²) in [5.74, 6) is 0. The largest absolute Gasteiger partial charge is 0.309 e. The zero-order valence-corrected chi connectivity index (χ0v) is 9.78. The van der Waals surface area contributed by atoms with E-state index in [1.54, 1.807) is 6.07 Å². The van der Waals surface area contributed by atoms with Gasteiger partial charge in [0.1, 0.15) is 0 Å². The lowest BCUT2D eigenvalue weighted by Crippen LogP contribution is -2.52. The normalized spacial score (nSPS) is 24.4. The molecule has 1 fully saturated rings. The Bertz CT molecular complexity index is 360. The highest BCUT2D eigenvalue weighted by Crippen LogP contribution is 2.42. The van der Waals surface area contributed by atoms with E-state index in [2.05, 4.69) is 19.2 Å². The predicted molar refractivity (Wildman–Crippen MR) is 61.0 cm³/mol. The molecule has 0 radical (unpaired) electrons. The summed E-state index contributed by atoms with van der Waals surface area (Å²) < 4.78 is 0.